The largest absolute Gasteiger partial charge is 0.359 e. The van der Waals surface area contributed by atoms with Crippen molar-refractivity contribution in [1.82, 2.24) is 0 Å². The number of halogens is 1. The van der Waals surface area contributed by atoms with E-state index in [2.05, 4.69) is 12.1 Å². The smallest absolute Gasteiger partial charge is 0.264 e. The maximum absolute atomic E-state index is 11.0. The van der Waals surface area contributed by atoms with E-state index in [-0.39, 0.29) is 19.5 Å². The molecule has 0 radical (unpaired) electrons. The highest BCUT2D eigenvalue weighted by molar-refractivity contribution is 7.85. The van der Waals surface area contributed by atoms with E-state index in [9.17, 15) is 8.42 Å². The Hall–Kier alpha value is -1.44. The number of rotatable bonds is 11. The van der Waals surface area contributed by atoms with Crippen LogP contribution < -0.4 is 0 Å². The van der Waals surface area contributed by atoms with Gasteiger partial charge in [-0.25, -0.2) is 0 Å². The van der Waals surface area contributed by atoms with Gasteiger partial charge in [0.2, 0.25) is 0 Å². The molecule has 148 valence electrons. The second kappa shape index (κ2) is 10.8. The Kier molecular flexibility index (Phi) is 8.73. The Balaban J connectivity index is 1.97. The van der Waals surface area contributed by atoms with Crippen LogP contribution in [0.3, 0.4) is 0 Å². The minimum atomic E-state index is -3.38. The Bertz CT molecular complexity index is 788. The average Bonchev–Trinajstić information content (AvgIpc) is 2.64. The third kappa shape index (κ3) is 7.99. The van der Waals surface area contributed by atoms with Gasteiger partial charge in [0.15, 0.2) is 0 Å². The van der Waals surface area contributed by atoms with Gasteiger partial charge in [-0.1, -0.05) is 48.0 Å². The Labute approximate surface area is 166 Å². The number of hydrogen-bond donors (Lipinski definition) is 0. The van der Waals surface area contributed by atoms with Gasteiger partial charge in [0.05, 0.1) is 19.0 Å². The van der Waals surface area contributed by atoms with Crippen LogP contribution in [-0.4, -0.2) is 35.2 Å². The van der Waals surface area contributed by atoms with E-state index in [1.54, 1.807) is 7.11 Å². The third-order valence-corrected chi connectivity index (χ3v) is 4.85. The first kappa shape index (κ1) is 21.9. The molecule has 27 heavy (non-hydrogen) atoms. The van der Waals surface area contributed by atoms with E-state index in [1.807, 2.05) is 36.4 Å². The lowest BCUT2D eigenvalue weighted by Crippen LogP contribution is -2.08. The van der Waals surface area contributed by atoms with Crippen molar-refractivity contribution in [2.24, 2.45) is 0 Å². The lowest BCUT2D eigenvalue weighted by Gasteiger charge is -2.18. The highest BCUT2D eigenvalue weighted by Gasteiger charge is 2.13. The maximum atomic E-state index is 11.0. The van der Waals surface area contributed by atoms with Crippen LogP contribution in [0.25, 0.3) is 11.1 Å². The van der Waals surface area contributed by atoms with Crippen molar-refractivity contribution >= 4 is 21.7 Å². The van der Waals surface area contributed by atoms with Crippen LogP contribution in [0.4, 0.5) is 0 Å². The van der Waals surface area contributed by atoms with Gasteiger partial charge in [0.25, 0.3) is 10.1 Å². The van der Waals surface area contributed by atoms with Crippen LogP contribution in [0.2, 0.25) is 5.02 Å². The fourth-order valence-corrected chi connectivity index (χ4v) is 3.22. The van der Waals surface area contributed by atoms with Crippen molar-refractivity contribution < 1.29 is 22.1 Å². The molecule has 0 bridgehead atoms. The van der Waals surface area contributed by atoms with Crippen molar-refractivity contribution in [3.8, 4) is 11.1 Å². The molecule has 2 aromatic carbocycles. The van der Waals surface area contributed by atoms with Gasteiger partial charge in [0, 0.05) is 12.1 Å². The molecule has 7 heteroatoms. The number of unbranched alkanes of at least 4 members (excludes halogenated alkanes) is 1. The number of methoxy groups -OCH3 is 1. The molecule has 5 nitrogen and oxygen atoms in total. The molecule has 1 unspecified atom stereocenters. The Morgan fingerprint density at radius 1 is 0.963 bits per heavy atom. The van der Waals surface area contributed by atoms with Gasteiger partial charge in [-0.3, -0.25) is 4.18 Å². The first-order valence-electron chi connectivity index (χ1n) is 8.70. The minimum absolute atomic E-state index is 0.123. The molecule has 0 N–H and O–H groups in total. The van der Waals surface area contributed by atoms with Crippen molar-refractivity contribution in [3.05, 3.63) is 59.1 Å². The van der Waals surface area contributed by atoms with E-state index in [0.717, 1.165) is 35.8 Å². The standard InChI is InChI=1S/C20H25ClO5S/c1-24-15-25-20(5-3-4-14-26-27(2,22)23)18-8-6-16(7-9-18)17-10-12-19(21)13-11-17/h6-13,20H,3-5,14-15H2,1-2H3. The zero-order chi connectivity index (χ0) is 19.7. The topological polar surface area (TPSA) is 61.8 Å². The molecule has 0 saturated heterocycles. The van der Waals surface area contributed by atoms with E-state index in [4.69, 9.17) is 25.3 Å². The van der Waals surface area contributed by atoms with Gasteiger partial charge in [-0.05, 0) is 48.1 Å². The van der Waals surface area contributed by atoms with Crippen molar-refractivity contribution in [3.63, 3.8) is 0 Å². The summed E-state index contributed by atoms with van der Waals surface area (Å²) in [6.45, 7) is 0.384. The summed E-state index contributed by atoms with van der Waals surface area (Å²) in [5.74, 6) is 0. The zero-order valence-electron chi connectivity index (χ0n) is 15.6. The summed E-state index contributed by atoms with van der Waals surface area (Å²) in [5, 5.41) is 0.711. The molecule has 0 amide bonds. The first-order chi connectivity index (χ1) is 12.9. The van der Waals surface area contributed by atoms with E-state index in [0.29, 0.717) is 11.4 Å². The molecule has 2 rings (SSSR count). The SMILES string of the molecule is COCOC(CCCCOS(C)(=O)=O)c1ccc(-c2ccc(Cl)cc2)cc1. The minimum Gasteiger partial charge on any atom is -0.359 e. The summed E-state index contributed by atoms with van der Waals surface area (Å²) in [4.78, 5) is 0. The zero-order valence-corrected chi connectivity index (χ0v) is 17.1. The second-order valence-corrected chi connectivity index (χ2v) is 8.29. The van der Waals surface area contributed by atoms with Gasteiger partial charge in [0.1, 0.15) is 6.79 Å². The monoisotopic (exact) mass is 412 g/mol. The van der Waals surface area contributed by atoms with E-state index < -0.39 is 10.1 Å². The molecule has 0 saturated carbocycles. The highest BCUT2D eigenvalue weighted by Crippen LogP contribution is 2.27. The summed E-state index contributed by atoms with van der Waals surface area (Å²) < 4.78 is 37.6. The second-order valence-electron chi connectivity index (χ2n) is 6.21. The van der Waals surface area contributed by atoms with Gasteiger partial charge >= 0.3 is 0 Å². The molecule has 0 aliphatic carbocycles. The summed E-state index contributed by atoms with van der Waals surface area (Å²) in [6.07, 6.45) is 3.10. The molecule has 0 heterocycles. The molecule has 0 aliphatic rings. The quantitative estimate of drug-likeness (QED) is 0.301. The molecular weight excluding hydrogens is 388 g/mol. The fraction of sp³-hybridized carbons (Fsp3) is 0.400. The molecule has 2 aromatic rings. The van der Waals surface area contributed by atoms with Gasteiger partial charge in [-0.2, -0.15) is 8.42 Å². The van der Waals surface area contributed by atoms with Crippen LogP contribution in [0.15, 0.2) is 48.5 Å². The summed E-state index contributed by atoms with van der Waals surface area (Å²) in [6, 6.07) is 15.9. The Morgan fingerprint density at radius 3 is 2.11 bits per heavy atom. The third-order valence-electron chi connectivity index (χ3n) is 4.01. The van der Waals surface area contributed by atoms with E-state index >= 15 is 0 Å². The van der Waals surface area contributed by atoms with Crippen LogP contribution in [0, 0.1) is 0 Å². The highest BCUT2D eigenvalue weighted by atomic mass is 35.5. The van der Waals surface area contributed by atoms with Crippen molar-refractivity contribution in [2.75, 3.05) is 26.8 Å². The maximum Gasteiger partial charge on any atom is 0.264 e. The number of benzene rings is 2. The van der Waals surface area contributed by atoms with E-state index in [1.165, 1.54) is 0 Å². The predicted molar refractivity (Wildman–Crippen MR) is 107 cm³/mol. The lowest BCUT2D eigenvalue weighted by atomic mass is 9.99. The molecule has 1 atom stereocenters. The molecule has 0 spiro atoms. The van der Waals surface area contributed by atoms with Crippen molar-refractivity contribution in [1.29, 1.82) is 0 Å². The van der Waals surface area contributed by atoms with Crippen LogP contribution in [-0.2, 0) is 23.8 Å². The van der Waals surface area contributed by atoms with Crippen molar-refractivity contribution in [2.45, 2.75) is 25.4 Å². The molecule has 0 aromatic heterocycles. The van der Waals surface area contributed by atoms with Crippen LogP contribution in [0.1, 0.15) is 30.9 Å². The summed E-state index contributed by atoms with van der Waals surface area (Å²) in [7, 11) is -1.80. The van der Waals surface area contributed by atoms with Gasteiger partial charge < -0.3 is 9.47 Å². The predicted octanol–water partition coefficient (Wildman–Crippen LogP) is 4.82. The molecule has 0 fully saturated rings. The average molecular weight is 413 g/mol. The Morgan fingerprint density at radius 2 is 1.56 bits per heavy atom. The first-order valence-corrected chi connectivity index (χ1v) is 10.9. The summed E-state index contributed by atoms with van der Waals surface area (Å²) >= 11 is 5.94. The van der Waals surface area contributed by atoms with Crippen LogP contribution in [0.5, 0.6) is 0 Å². The number of hydrogen-bond acceptors (Lipinski definition) is 5. The number of ether oxygens (including phenoxy) is 2. The fourth-order valence-electron chi connectivity index (χ4n) is 2.67. The normalized spacial score (nSPS) is 12.9. The lowest BCUT2D eigenvalue weighted by molar-refractivity contribution is -0.0765. The summed E-state index contributed by atoms with van der Waals surface area (Å²) in [5.41, 5.74) is 3.24. The molecular formula is C20H25ClO5S. The molecule has 0 aliphatic heterocycles. The van der Waals surface area contributed by atoms with Crippen LogP contribution >= 0.6 is 11.6 Å². The van der Waals surface area contributed by atoms with Gasteiger partial charge in [-0.15, -0.1) is 0 Å².